The number of benzene rings is 2. The number of ketones is 1. The summed E-state index contributed by atoms with van der Waals surface area (Å²) >= 11 is 0. The molecule has 160 valence electrons. The maximum atomic E-state index is 12.8. The van der Waals surface area contributed by atoms with E-state index in [1.165, 1.54) is 6.07 Å². The van der Waals surface area contributed by atoms with E-state index < -0.39 is 11.8 Å². The minimum Gasteiger partial charge on any atom is -0.454 e. The van der Waals surface area contributed by atoms with Gasteiger partial charge in [0.05, 0.1) is 12.1 Å². The Hall–Kier alpha value is -3.71. The monoisotopic (exact) mass is 419 g/mol. The number of amides is 2. The van der Waals surface area contributed by atoms with Crippen LogP contribution in [0.4, 0.5) is 0 Å². The normalized spacial score (nSPS) is 10.7. The predicted molar refractivity (Wildman–Crippen MR) is 117 cm³/mol. The molecule has 0 unspecified atom stereocenters. The second kappa shape index (κ2) is 10.4. The van der Waals surface area contributed by atoms with Gasteiger partial charge in [0.1, 0.15) is 5.76 Å². The van der Waals surface area contributed by atoms with Crippen LogP contribution in [0.3, 0.4) is 0 Å². The van der Waals surface area contributed by atoms with Crippen molar-refractivity contribution < 1.29 is 18.8 Å². The fraction of sp³-hybridized carbons (Fsp3) is 0.208. The van der Waals surface area contributed by atoms with E-state index in [0.717, 1.165) is 13.1 Å². The van der Waals surface area contributed by atoms with Crippen LogP contribution < -0.4 is 10.9 Å². The molecule has 0 spiro atoms. The fourth-order valence-electron chi connectivity index (χ4n) is 3.12. The van der Waals surface area contributed by atoms with Crippen LogP contribution in [0.1, 0.15) is 56.4 Å². The molecule has 0 saturated heterocycles. The molecule has 1 heterocycles. The third kappa shape index (κ3) is 5.46. The van der Waals surface area contributed by atoms with Crippen molar-refractivity contribution >= 4 is 17.6 Å². The number of carbonyl (C=O) groups excluding carboxylic acids is 3. The molecule has 0 saturated carbocycles. The molecule has 0 aliphatic heterocycles. The number of hydrogen-bond acceptors (Lipinski definition) is 5. The number of nitrogens with one attached hydrogen (secondary N) is 2. The van der Waals surface area contributed by atoms with Crippen LogP contribution in [-0.4, -0.2) is 35.6 Å². The number of hydrogen-bond donors (Lipinski definition) is 2. The summed E-state index contributed by atoms with van der Waals surface area (Å²) in [5.74, 6) is -0.686. The van der Waals surface area contributed by atoms with Gasteiger partial charge in [0.2, 0.25) is 0 Å². The first-order chi connectivity index (χ1) is 15.0. The highest BCUT2D eigenvalue weighted by Crippen LogP contribution is 2.15. The molecule has 0 aliphatic carbocycles. The maximum Gasteiger partial charge on any atom is 0.305 e. The van der Waals surface area contributed by atoms with Gasteiger partial charge in [-0.05, 0) is 31.3 Å². The summed E-state index contributed by atoms with van der Waals surface area (Å²) in [7, 11) is 0. The summed E-state index contributed by atoms with van der Waals surface area (Å²) in [6.45, 7) is 6.44. The van der Waals surface area contributed by atoms with Crippen molar-refractivity contribution in [3.05, 3.63) is 94.9 Å². The Bertz CT molecular complexity index is 1060. The summed E-state index contributed by atoms with van der Waals surface area (Å²) in [5.41, 5.74) is 5.59. The van der Waals surface area contributed by atoms with Crippen LogP contribution in [0.15, 0.2) is 71.1 Å². The van der Waals surface area contributed by atoms with Crippen molar-refractivity contribution in [2.75, 3.05) is 13.1 Å². The van der Waals surface area contributed by atoms with Gasteiger partial charge in [0.25, 0.3) is 5.91 Å². The Morgan fingerprint density at radius 1 is 0.774 bits per heavy atom. The Labute approximate surface area is 181 Å². The smallest absolute Gasteiger partial charge is 0.305 e. The molecule has 0 atom stereocenters. The average molecular weight is 419 g/mol. The predicted octanol–water partition coefficient (Wildman–Crippen LogP) is 3.43. The third-order valence-corrected chi connectivity index (χ3v) is 4.90. The molecule has 0 bridgehead atoms. The molecular formula is C24H25N3O4. The van der Waals surface area contributed by atoms with E-state index in [-0.39, 0.29) is 22.7 Å². The van der Waals surface area contributed by atoms with E-state index in [9.17, 15) is 14.4 Å². The first kappa shape index (κ1) is 22.0. The van der Waals surface area contributed by atoms with Gasteiger partial charge in [-0.1, -0.05) is 62.4 Å². The van der Waals surface area contributed by atoms with Crippen molar-refractivity contribution in [1.82, 2.24) is 15.8 Å². The van der Waals surface area contributed by atoms with Crippen molar-refractivity contribution in [2.24, 2.45) is 0 Å². The standard InChI is InChI=1S/C24H25N3O4/c1-3-27(4-2)16-18-14-15-21(31-18)24(30)26-25-23(29)20-13-9-8-12-19(20)22(28)17-10-6-5-7-11-17/h5-15H,3-4,16H2,1-2H3,(H,25,29)(H,26,30). The molecule has 2 aromatic carbocycles. The molecule has 7 heteroatoms. The number of furan rings is 1. The van der Waals surface area contributed by atoms with Gasteiger partial charge in [0.15, 0.2) is 11.5 Å². The zero-order valence-electron chi connectivity index (χ0n) is 17.6. The Morgan fingerprint density at radius 3 is 2.06 bits per heavy atom. The zero-order chi connectivity index (χ0) is 22.2. The van der Waals surface area contributed by atoms with E-state index in [1.54, 1.807) is 54.6 Å². The van der Waals surface area contributed by atoms with Crippen LogP contribution in [0, 0.1) is 0 Å². The van der Waals surface area contributed by atoms with E-state index >= 15 is 0 Å². The van der Waals surface area contributed by atoms with Gasteiger partial charge in [-0.2, -0.15) is 0 Å². The molecule has 2 N–H and O–H groups in total. The Kier molecular flexibility index (Phi) is 7.35. The largest absolute Gasteiger partial charge is 0.454 e. The molecular weight excluding hydrogens is 394 g/mol. The maximum absolute atomic E-state index is 12.8. The topological polar surface area (TPSA) is 91.7 Å². The minimum absolute atomic E-state index is 0.0936. The fourth-order valence-corrected chi connectivity index (χ4v) is 3.12. The zero-order valence-corrected chi connectivity index (χ0v) is 17.6. The van der Waals surface area contributed by atoms with Crippen molar-refractivity contribution in [1.29, 1.82) is 0 Å². The van der Waals surface area contributed by atoms with Gasteiger partial charge < -0.3 is 4.42 Å². The van der Waals surface area contributed by atoms with E-state index in [4.69, 9.17) is 4.42 Å². The van der Waals surface area contributed by atoms with Crippen molar-refractivity contribution in [2.45, 2.75) is 20.4 Å². The second-order valence-electron chi connectivity index (χ2n) is 6.88. The molecule has 0 radical (unpaired) electrons. The summed E-state index contributed by atoms with van der Waals surface area (Å²) in [6.07, 6.45) is 0. The van der Waals surface area contributed by atoms with E-state index in [1.807, 2.05) is 6.07 Å². The molecule has 3 aromatic rings. The molecule has 31 heavy (non-hydrogen) atoms. The van der Waals surface area contributed by atoms with Crippen molar-refractivity contribution in [3.63, 3.8) is 0 Å². The van der Waals surface area contributed by atoms with Crippen LogP contribution in [-0.2, 0) is 6.54 Å². The lowest BCUT2D eigenvalue weighted by Crippen LogP contribution is -2.42. The van der Waals surface area contributed by atoms with E-state index in [2.05, 4.69) is 29.6 Å². The minimum atomic E-state index is -0.594. The number of carbonyl (C=O) groups is 3. The van der Waals surface area contributed by atoms with Gasteiger partial charge in [-0.3, -0.25) is 30.1 Å². The van der Waals surface area contributed by atoms with Gasteiger partial charge >= 0.3 is 5.91 Å². The quantitative estimate of drug-likeness (QED) is 0.431. The van der Waals surface area contributed by atoms with Crippen LogP contribution >= 0.6 is 0 Å². The summed E-state index contributed by atoms with van der Waals surface area (Å²) in [5, 5.41) is 0. The summed E-state index contributed by atoms with van der Waals surface area (Å²) in [6, 6.07) is 18.5. The van der Waals surface area contributed by atoms with Gasteiger partial charge in [-0.15, -0.1) is 0 Å². The number of hydrazine groups is 1. The number of rotatable bonds is 8. The SMILES string of the molecule is CCN(CC)Cc1ccc(C(=O)NNC(=O)c2ccccc2C(=O)c2ccccc2)o1. The Morgan fingerprint density at radius 2 is 1.39 bits per heavy atom. The first-order valence-corrected chi connectivity index (χ1v) is 10.1. The van der Waals surface area contributed by atoms with Gasteiger partial charge in [-0.25, -0.2) is 0 Å². The van der Waals surface area contributed by atoms with Crippen molar-refractivity contribution in [3.8, 4) is 0 Å². The summed E-state index contributed by atoms with van der Waals surface area (Å²) in [4.78, 5) is 39.9. The lowest BCUT2D eigenvalue weighted by atomic mass is 9.98. The van der Waals surface area contributed by atoms with E-state index in [0.29, 0.717) is 17.9 Å². The van der Waals surface area contributed by atoms with Gasteiger partial charge in [0, 0.05) is 11.1 Å². The molecule has 2 amide bonds. The molecule has 3 rings (SSSR count). The second-order valence-corrected chi connectivity index (χ2v) is 6.88. The van der Waals surface area contributed by atoms with Crippen LogP contribution in [0.25, 0.3) is 0 Å². The molecule has 7 nitrogen and oxygen atoms in total. The highest BCUT2D eigenvalue weighted by Gasteiger charge is 2.19. The third-order valence-electron chi connectivity index (χ3n) is 4.90. The molecule has 0 fully saturated rings. The molecule has 0 aliphatic rings. The highest BCUT2D eigenvalue weighted by molar-refractivity contribution is 6.15. The Balaban J connectivity index is 1.66. The summed E-state index contributed by atoms with van der Waals surface area (Å²) < 4.78 is 5.58. The lowest BCUT2D eigenvalue weighted by molar-refractivity contribution is 0.0827. The molecule has 1 aromatic heterocycles. The highest BCUT2D eigenvalue weighted by atomic mass is 16.4. The first-order valence-electron chi connectivity index (χ1n) is 10.1. The van der Waals surface area contributed by atoms with Crippen LogP contribution in [0.2, 0.25) is 0 Å². The van der Waals surface area contributed by atoms with Crippen LogP contribution in [0.5, 0.6) is 0 Å². The number of nitrogens with zero attached hydrogens (tertiary/aromatic N) is 1. The lowest BCUT2D eigenvalue weighted by Gasteiger charge is -2.15. The average Bonchev–Trinajstić information content (AvgIpc) is 3.29.